The normalized spacial score (nSPS) is 10.9. The van der Waals surface area contributed by atoms with Crippen molar-refractivity contribution in [2.75, 3.05) is 22.1 Å². The molecule has 0 atom stereocenters. The Morgan fingerprint density at radius 3 is 0.927 bits per heavy atom. The van der Waals surface area contributed by atoms with Crippen LogP contribution in [0.1, 0.15) is 35.1 Å². The molecule has 2 N–H and O–H groups in total. The minimum absolute atomic E-state index is 0.0161. The van der Waals surface area contributed by atoms with Gasteiger partial charge in [-0.2, -0.15) is 11.8 Å². The molecule has 0 saturated heterocycles. The Kier molecular flexibility index (Phi) is 16.7. The molecule has 4 nitrogen and oxygen atoms in total. The summed E-state index contributed by atoms with van der Waals surface area (Å²) in [5.74, 6) is 4.53. The van der Waals surface area contributed by atoms with Gasteiger partial charge in [-0.15, -0.1) is 47.0 Å². The lowest BCUT2D eigenvalue weighted by Gasteiger charge is -2.12. The lowest BCUT2D eigenvalue weighted by atomic mass is 10.1. The van der Waals surface area contributed by atoms with E-state index < -0.39 is 0 Å². The molecule has 55 heavy (non-hydrogen) atoms. The van der Waals surface area contributed by atoms with Crippen LogP contribution in [0.15, 0.2) is 177 Å². The third-order valence-electron chi connectivity index (χ3n) is 8.21. The zero-order chi connectivity index (χ0) is 37.9. The summed E-state index contributed by atoms with van der Waals surface area (Å²) in [7, 11) is 0. The Morgan fingerprint density at radius 2 is 0.655 bits per heavy atom. The van der Waals surface area contributed by atoms with Crippen molar-refractivity contribution in [1.29, 1.82) is 0 Å². The summed E-state index contributed by atoms with van der Waals surface area (Å²) in [5.41, 5.74) is 6.37. The van der Waals surface area contributed by atoms with Crippen molar-refractivity contribution in [3.8, 4) is 0 Å². The van der Waals surface area contributed by atoms with Crippen molar-refractivity contribution in [2.24, 2.45) is 0 Å². The first-order valence-corrected chi connectivity index (χ1v) is 23.3. The molecule has 0 fully saturated rings. The Morgan fingerprint density at radius 1 is 0.382 bits per heavy atom. The topological polar surface area (TPSA) is 58.2 Å². The Bertz CT molecular complexity index is 1810. The van der Waals surface area contributed by atoms with Crippen LogP contribution in [0.5, 0.6) is 0 Å². The predicted octanol–water partition coefficient (Wildman–Crippen LogP) is 12.9. The Balaban J connectivity index is 0.979. The van der Waals surface area contributed by atoms with E-state index in [0.717, 1.165) is 34.4 Å². The van der Waals surface area contributed by atoms with E-state index >= 15 is 0 Å². The summed E-state index contributed by atoms with van der Waals surface area (Å²) >= 11 is 8.80. The number of thioether (sulfide) groups is 5. The summed E-state index contributed by atoms with van der Waals surface area (Å²) < 4.78 is 0. The van der Waals surface area contributed by atoms with E-state index in [1.54, 1.807) is 58.8 Å². The zero-order valence-electron chi connectivity index (χ0n) is 30.5. The Hall–Kier alpha value is -3.99. The highest BCUT2D eigenvalue weighted by Crippen LogP contribution is 2.30. The van der Waals surface area contributed by atoms with E-state index in [4.69, 9.17) is 0 Å². The molecule has 0 unspecified atom stereocenters. The van der Waals surface area contributed by atoms with Gasteiger partial charge < -0.3 is 10.6 Å². The van der Waals surface area contributed by atoms with E-state index in [-0.39, 0.29) is 11.8 Å². The lowest BCUT2D eigenvalue weighted by Crippen LogP contribution is -2.14. The van der Waals surface area contributed by atoms with Gasteiger partial charge in [0, 0.05) is 78.3 Å². The number of hydrogen-bond acceptors (Lipinski definition) is 7. The fourth-order valence-electron chi connectivity index (χ4n) is 5.62. The molecule has 0 heterocycles. The van der Waals surface area contributed by atoms with Gasteiger partial charge in [0.05, 0.1) is 0 Å². The molecule has 6 aromatic carbocycles. The molecule has 0 spiro atoms. The third kappa shape index (κ3) is 14.9. The summed E-state index contributed by atoms with van der Waals surface area (Å²) in [5, 5.41) is 6.30. The first-order valence-electron chi connectivity index (χ1n) is 18.2. The molecule has 6 aromatic rings. The minimum Gasteiger partial charge on any atom is -0.326 e. The average molecular weight is 817 g/mol. The number of amides is 2. The third-order valence-corrected chi connectivity index (χ3v) is 13.5. The minimum atomic E-state index is -0.0161. The SMILES string of the molecule is O=C(CCSCCC(=O)Nc1cc(CSc2ccccc2)cc(CSc2ccccc2)c1)Nc1cc(CSc2ccccc2)cc(CSc2ccccc2)c1. The van der Waals surface area contributed by atoms with Gasteiger partial charge in [-0.3, -0.25) is 9.59 Å². The maximum absolute atomic E-state index is 13.1. The molecule has 280 valence electrons. The van der Waals surface area contributed by atoms with E-state index in [1.807, 2.05) is 24.3 Å². The second-order valence-electron chi connectivity index (χ2n) is 12.7. The summed E-state index contributed by atoms with van der Waals surface area (Å²) in [4.78, 5) is 31.0. The maximum Gasteiger partial charge on any atom is 0.225 e. The van der Waals surface area contributed by atoms with E-state index in [9.17, 15) is 9.59 Å². The van der Waals surface area contributed by atoms with Crippen molar-refractivity contribution in [3.05, 3.63) is 180 Å². The van der Waals surface area contributed by atoms with Gasteiger partial charge in [0.1, 0.15) is 0 Å². The summed E-state index contributed by atoms with van der Waals surface area (Å²) in [6.07, 6.45) is 0.764. The van der Waals surface area contributed by atoms with Crippen molar-refractivity contribution in [2.45, 2.75) is 55.4 Å². The molecule has 2 amide bonds. The van der Waals surface area contributed by atoms with Crippen LogP contribution >= 0.6 is 58.8 Å². The van der Waals surface area contributed by atoms with Crippen LogP contribution in [0.3, 0.4) is 0 Å². The second kappa shape index (κ2) is 22.5. The standard InChI is InChI=1S/C46H44N2O2S5/c49-45(47-39-27-35(31-52-41-13-5-1-6-14-41)25-36(28-39)32-53-42-15-7-2-8-16-42)21-23-51-24-22-46(50)48-40-29-37(33-54-43-17-9-3-10-18-43)26-38(30-40)34-55-44-19-11-4-12-20-44/h1-20,25-30H,21-24,31-34H2,(H,47,49)(H,48,50). The van der Waals surface area contributed by atoms with Crippen molar-refractivity contribution in [3.63, 3.8) is 0 Å². The maximum atomic E-state index is 13.1. The molecule has 9 heteroatoms. The van der Waals surface area contributed by atoms with Crippen LogP contribution in [0.4, 0.5) is 11.4 Å². The quantitative estimate of drug-likeness (QED) is 0.0588. The molecule has 0 bridgehead atoms. The van der Waals surface area contributed by atoms with Gasteiger partial charge in [0.2, 0.25) is 11.8 Å². The highest BCUT2D eigenvalue weighted by Gasteiger charge is 2.10. The van der Waals surface area contributed by atoms with Crippen molar-refractivity contribution >= 4 is 82.0 Å². The van der Waals surface area contributed by atoms with Crippen LogP contribution in [0.2, 0.25) is 0 Å². The molecule has 0 aliphatic heterocycles. The molecule has 0 aliphatic rings. The molecular formula is C46H44N2O2S5. The van der Waals surface area contributed by atoms with Crippen LogP contribution in [-0.2, 0) is 32.6 Å². The number of rotatable bonds is 20. The molecule has 0 aliphatic carbocycles. The van der Waals surface area contributed by atoms with Crippen LogP contribution in [0.25, 0.3) is 0 Å². The smallest absolute Gasteiger partial charge is 0.225 e. The Labute approximate surface area is 346 Å². The lowest BCUT2D eigenvalue weighted by molar-refractivity contribution is -0.116. The van der Waals surface area contributed by atoms with Crippen LogP contribution in [-0.4, -0.2) is 23.3 Å². The number of nitrogens with one attached hydrogen (secondary N) is 2. The van der Waals surface area contributed by atoms with Crippen LogP contribution < -0.4 is 10.6 Å². The number of anilines is 2. The van der Waals surface area contributed by atoms with Gasteiger partial charge in [0.15, 0.2) is 0 Å². The highest BCUT2D eigenvalue weighted by atomic mass is 32.2. The predicted molar refractivity (Wildman–Crippen MR) is 241 cm³/mol. The molecule has 0 radical (unpaired) electrons. The van der Waals surface area contributed by atoms with Gasteiger partial charge in [-0.05, 0) is 95.1 Å². The van der Waals surface area contributed by atoms with Gasteiger partial charge in [-0.25, -0.2) is 0 Å². The van der Waals surface area contributed by atoms with E-state index in [1.165, 1.54) is 41.8 Å². The first-order chi connectivity index (χ1) is 27.0. The van der Waals surface area contributed by atoms with E-state index in [0.29, 0.717) is 24.3 Å². The fourth-order valence-corrected chi connectivity index (χ4v) is 9.88. The monoisotopic (exact) mass is 816 g/mol. The summed E-state index contributed by atoms with van der Waals surface area (Å²) in [6.45, 7) is 0. The molecule has 0 aromatic heterocycles. The fraction of sp³-hybridized carbons (Fsp3) is 0.174. The van der Waals surface area contributed by atoms with E-state index in [2.05, 4.69) is 144 Å². The zero-order valence-corrected chi connectivity index (χ0v) is 34.6. The van der Waals surface area contributed by atoms with Gasteiger partial charge >= 0.3 is 0 Å². The number of carbonyl (C=O) groups is 2. The van der Waals surface area contributed by atoms with Gasteiger partial charge in [-0.1, -0.05) is 84.9 Å². The summed E-state index contributed by atoms with van der Waals surface area (Å²) in [6, 6.07) is 54.4. The first kappa shape index (κ1) is 40.7. The highest BCUT2D eigenvalue weighted by molar-refractivity contribution is 7.99. The number of benzene rings is 6. The number of carbonyl (C=O) groups excluding carboxylic acids is 2. The molecule has 6 rings (SSSR count). The molecule has 0 saturated carbocycles. The van der Waals surface area contributed by atoms with Crippen molar-refractivity contribution in [1.82, 2.24) is 0 Å². The van der Waals surface area contributed by atoms with Crippen LogP contribution in [0, 0.1) is 0 Å². The molecular weight excluding hydrogens is 773 g/mol. The average Bonchev–Trinajstić information content (AvgIpc) is 3.22. The number of hydrogen-bond donors (Lipinski definition) is 2. The van der Waals surface area contributed by atoms with Crippen molar-refractivity contribution < 1.29 is 9.59 Å². The van der Waals surface area contributed by atoms with Gasteiger partial charge in [0.25, 0.3) is 0 Å². The second-order valence-corrected chi connectivity index (χ2v) is 18.1. The largest absolute Gasteiger partial charge is 0.326 e.